The Kier molecular flexibility index (Phi) is 7.38. The molecule has 1 aromatic rings. The number of nitrogens with one attached hydrogen (secondary N) is 1. The highest BCUT2D eigenvalue weighted by molar-refractivity contribution is 9.10. The molecule has 0 aliphatic heterocycles. The number of aliphatic hydroxyl groups is 2. The molecule has 3 N–H and O–H groups in total. The fourth-order valence-corrected chi connectivity index (χ4v) is 2.21. The maximum Gasteiger partial charge on any atom is 0.133 e. The molecular formula is C14H22BrNO3. The molecule has 0 aliphatic rings. The van der Waals surface area contributed by atoms with Gasteiger partial charge in [-0.05, 0) is 53.9 Å². The quantitative estimate of drug-likeness (QED) is 0.680. The van der Waals surface area contributed by atoms with Crippen LogP contribution in [0.3, 0.4) is 0 Å². The van der Waals surface area contributed by atoms with Crippen molar-refractivity contribution in [2.75, 3.05) is 19.8 Å². The summed E-state index contributed by atoms with van der Waals surface area (Å²) in [5.41, 5.74) is 1.15. The number of aliphatic hydroxyl groups excluding tert-OH is 2. The molecule has 2 unspecified atom stereocenters. The van der Waals surface area contributed by atoms with Crippen LogP contribution in [-0.2, 0) is 0 Å². The lowest BCUT2D eigenvalue weighted by molar-refractivity contribution is 0.102. The molecule has 1 rings (SSSR count). The van der Waals surface area contributed by atoms with Gasteiger partial charge in [0.2, 0.25) is 0 Å². The van der Waals surface area contributed by atoms with Crippen molar-refractivity contribution in [1.29, 1.82) is 0 Å². The average molecular weight is 332 g/mol. The van der Waals surface area contributed by atoms with E-state index in [0.717, 1.165) is 15.8 Å². The first-order chi connectivity index (χ1) is 9.02. The topological polar surface area (TPSA) is 61.7 Å². The van der Waals surface area contributed by atoms with Crippen LogP contribution < -0.4 is 10.1 Å². The van der Waals surface area contributed by atoms with E-state index >= 15 is 0 Å². The summed E-state index contributed by atoms with van der Waals surface area (Å²) in [5, 5.41) is 21.7. The minimum Gasteiger partial charge on any atom is -0.490 e. The van der Waals surface area contributed by atoms with Gasteiger partial charge < -0.3 is 20.3 Å². The number of rotatable bonds is 8. The molecule has 0 radical (unpaired) electrons. The first-order valence-corrected chi connectivity index (χ1v) is 7.23. The Labute approximate surface area is 122 Å². The molecule has 5 heteroatoms. The van der Waals surface area contributed by atoms with Gasteiger partial charge in [-0.1, -0.05) is 6.07 Å². The van der Waals surface area contributed by atoms with Gasteiger partial charge in [0.1, 0.15) is 18.5 Å². The van der Waals surface area contributed by atoms with E-state index in [1.54, 1.807) is 0 Å². The molecule has 0 heterocycles. The standard InChI is InChI=1S/C14H22BrNO3/c1-10-3-4-14(13(15)7-10)19-9-12(18)8-16-11(2)5-6-17/h3-4,7,11-12,16-18H,5-6,8-9H2,1-2H3. The average Bonchev–Trinajstić information content (AvgIpc) is 2.35. The van der Waals surface area contributed by atoms with Gasteiger partial charge in [0.25, 0.3) is 0 Å². The van der Waals surface area contributed by atoms with Crippen LogP contribution in [0.1, 0.15) is 18.9 Å². The predicted molar refractivity (Wildman–Crippen MR) is 79.5 cm³/mol. The third-order valence-corrected chi connectivity index (χ3v) is 3.40. The van der Waals surface area contributed by atoms with Gasteiger partial charge in [-0.15, -0.1) is 0 Å². The van der Waals surface area contributed by atoms with E-state index in [-0.39, 0.29) is 19.3 Å². The smallest absolute Gasteiger partial charge is 0.133 e. The van der Waals surface area contributed by atoms with Crippen molar-refractivity contribution in [3.05, 3.63) is 28.2 Å². The summed E-state index contributed by atoms with van der Waals surface area (Å²) < 4.78 is 6.45. The Hall–Kier alpha value is -0.620. The van der Waals surface area contributed by atoms with Crippen LogP contribution in [0, 0.1) is 6.92 Å². The third kappa shape index (κ3) is 6.38. The molecule has 0 saturated heterocycles. The van der Waals surface area contributed by atoms with Crippen molar-refractivity contribution in [3.63, 3.8) is 0 Å². The number of hydrogen-bond acceptors (Lipinski definition) is 4. The highest BCUT2D eigenvalue weighted by Crippen LogP contribution is 2.25. The molecule has 2 atom stereocenters. The first-order valence-electron chi connectivity index (χ1n) is 6.44. The van der Waals surface area contributed by atoms with Crippen LogP contribution in [0.25, 0.3) is 0 Å². The minimum atomic E-state index is -0.575. The predicted octanol–water partition coefficient (Wildman–Crippen LogP) is 1.86. The second-order valence-electron chi connectivity index (χ2n) is 4.72. The van der Waals surface area contributed by atoms with Gasteiger partial charge in [0, 0.05) is 19.2 Å². The SMILES string of the molecule is Cc1ccc(OCC(O)CNC(C)CCO)c(Br)c1. The van der Waals surface area contributed by atoms with E-state index in [1.165, 1.54) is 0 Å². The minimum absolute atomic E-state index is 0.150. The van der Waals surface area contributed by atoms with Crippen LogP contribution in [0.4, 0.5) is 0 Å². The van der Waals surface area contributed by atoms with Crippen molar-refractivity contribution in [3.8, 4) is 5.75 Å². The summed E-state index contributed by atoms with van der Waals surface area (Å²) in [6.07, 6.45) is 0.103. The molecule has 19 heavy (non-hydrogen) atoms. The molecule has 0 aromatic heterocycles. The van der Waals surface area contributed by atoms with E-state index in [9.17, 15) is 5.11 Å². The molecule has 0 fully saturated rings. The fraction of sp³-hybridized carbons (Fsp3) is 0.571. The summed E-state index contributed by atoms with van der Waals surface area (Å²) in [6.45, 7) is 4.82. The lowest BCUT2D eigenvalue weighted by atomic mass is 10.2. The van der Waals surface area contributed by atoms with Gasteiger partial charge in [0.05, 0.1) is 4.47 Å². The van der Waals surface area contributed by atoms with Crippen molar-refractivity contribution in [2.45, 2.75) is 32.4 Å². The Morgan fingerprint density at radius 3 is 2.79 bits per heavy atom. The monoisotopic (exact) mass is 331 g/mol. The van der Waals surface area contributed by atoms with Crippen molar-refractivity contribution >= 4 is 15.9 Å². The summed E-state index contributed by atoms with van der Waals surface area (Å²) >= 11 is 3.43. The van der Waals surface area contributed by atoms with Gasteiger partial charge in [-0.25, -0.2) is 0 Å². The van der Waals surface area contributed by atoms with Crippen LogP contribution in [0.15, 0.2) is 22.7 Å². The molecule has 0 bridgehead atoms. The Morgan fingerprint density at radius 1 is 1.42 bits per heavy atom. The van der Waals surface area contributed by atoms with Crippen molar-refractivity contribution in [1.82, 2.24) is 5.32 Å². The van der Waals surface area contributed by atoms with Gasteiger partial charge in [-0.2, -0.15) is 0 Å². The normalized spacial score (nSPS) is 14.2. The lowest BCUT2D eigenvalue weighted by Crippen LogP contribution is -2.37. The van der Waals surface area contributed by atoms with E-state index in [1.807, 2.05) is 32.0 Å². The molecular weight excluding hydrogens is 310 g/mol. The van der Waals surface area contributed by atoms with Crippen LogP contribution >= 0.6 is 15.9 Å². The molecule has 0 aliphatic carbocycles. The van der Waals surface area contributed by atoms with Crippen molar-refractivity contribution < 1.29 is 14.9 Å². The molecule has 108 valence electrons. The highest BCUT2D eigenvalue weighted by atomic mass is 79.9. The van der Waals surface area contributed by atoms with E-state index in [2.05, 4.69) is 21.2 Å². The van der Waals surface area contributed by atoms with Crippen LogP contribution in [0.2, 0.25) is 0 Å². The zero-order valence-electron chi connectivity index (χ0n) is 11.4. The summed E-state index contributed by atoms with van der Waals surface area (Å²) in [5.74, 6) is 0.730. The first kappa shape index (κ1) is 16.4. The summed E-state index contributed by atoms with van der Waals surface area (Å²) in [4.78, 5) is 0. The second-order valence-corrected chi connectivity index (χ2v) is 5.57. The molecule has 0 amide bonds. The fourth-order valence-electron chi connectivity index (χ4n) is 1.60. The number of benzene rings is 1. The van der Waals surface area contributed by atoms with E-state index < -0.39 is 6.10 Å². The molecule has 1 aromatic carbocycles. The summed E-state index contributed by atoms with van der Waals surface area (Å²) in [6, 6.07) is 6.01. The number of hydrogen-bond donors (Lipinski definition) is 3. The summed E-state index contributed by atoms with van der Waals surface area (Å²) in [7, 11) is 0. The van der Waals surface area contributed by atoms with Crippen LogP contribution in [-0.4, -0.2) is 42.1 Å². The van der Waals surface area contributed by atoms with Gasteiger partial charge in [0.15, 0.2) is 0 Å². The highest BCUT2D eigenvalue weighted by Gasteiger charge is 2.09. The maximum atomic E-state index is 9.81. The van der Waals surface area contributed by atoms with Crippen LogP contribution in [0.5, 0.6) is 5.75 Å². The maximum absolute atomic E-state index is 9.81. The second kappa shape index (κ2) is 8.53. The molecule has 0 saturated carbocycles. The van der Waals surface area contributed by atoms with Gasteiger partial charge in [-0.3, -0.25) is 0 Å². The number of ether oxygens (including phenoxy) is 1. The van der Waals surface area contributed by atoms with Gasteiger partial charge >= 0.3 is 0 Å². The zero-order chi connectivity index (χ0) is 14.3. The molecule has 4 nitrogen and oxygen atoms in total. The zero-order valence-corrected chi connectivity index (χ0v) is 13.0. The van der Waals surface area contributed by atoms with E-state index in [0.29, 0.717) is 13.0 Å². The lowest BCUT2D eigenvalue weighted by Gasteiger charge is -2.17. The Bertz CT molecular complexity index is 387. The third-order valence-electron chi connectivity index (χ3n) is 2.78. The van der Waals surface area contributed by atoms with E-state index in [4.69, 9.17) is 9.84 Å². The molecule has 0 spiro atoms. The number of halogens is 1. The largest absolute Gasteiger partial charge is 0.490 e. The van der Waals surface area contributed by atoms with Crippen molar-refractivity contribution in [2.24, 2.45) is 0 Å². The Morgan fingerprint density at radius 2 is 2.16 bits per heavy atom. The Balaban J connectivity index is 2.31. The number of aryl methyl sites for hydroxylation is 1.